The SMILES string of the molecule is C#CCN(C)Cc1cc(CNCC(C)C)oc1C. The third-order valence-electron chi connectivity index (χ3n) is 2.72. The van der Waals surface area contributed by atoms with Gasteiger partial charge in [0.25, 0.3) is 0 Å². The average Bonchev–Trinajstić information content (AvgIpc) is 2.59. The van der Waals surface area contributed by atoms with Crippen molar-refractivity contribution < 1.29 is 4.42 Å². The zero-order chi connectivity index (χ0) is 13.5. The highest BCUT2D eigenvalue weighted by molar-refractivity contribution is 5.20. The molecule has 0 aliphatic rings. The third-order valence-corrected chi connectivity index (χ3v) is 2.72. The number of nitrogens with zero attached hydrogens (tertiary/aromatic N) is 1. The van der Waals surface area contributed by atoms with Crippen LogP contribution in [0.2, 0.25) is 0 Å². The minimum Gasteiger partial charge on any atom is -0.465 e. The molecule has 0 aromatic carbocycles. The van der Waals surface area contributed by atoms with Crippen molar-refractivity contribution in [3.63, 3.8) is 0 Å². The zero-order valence-corrected chi connectivity index (χ0v) is 11.9. The Morgan fingerprint density at radius 3 is 2.83 bits per heavy atom. The van der Waals surface area contributed by atoms with Crippen molar-refractivity contribution in [3.05, 3.63) is 23.2 Å². The van der Waals surface area contributed by atoms with Crippen LogP contribution in [0.4, 0.5) is 0 Å². The molecule has 0 saturated heterocycles. The van der Waals surface area contributed by atoms with Crippen molar-refractivity contribution in [1.29, 1.82) is 0 Å². The molecule has 3 nitrogen and oxygen atoms in total. The Labute approximate surface area is 111 Å². The van der Waals surface area contributed by atoms with Gasteiger partial charge in [0.1, 0.15) is 11.5 Å². The molecule has 1 aromatic heterocycles. The number of hydrogen-bond acceptors (Lipinski definition) is 3. The zero-order valence-electron chi connectivity index (χ0n) is 11.9. The van der Waals surface area contributed by atoms with E-state index < -0.39 is 0 Å². The van der Waals surface area contributed by atoms with E-state index in [2.05, 4.69) is 36.1 Å². The first-order chi connectivity index (χ1) is 8.52. The summed E-state index contributed by atoms with van der Waals surface area (Å²) in [6.45, 7) is 9.69. The Bertz CT molecular complexity index is 401. The summed E-state index contributed by atoms with van der Waals surface area (Å²) in [4.78, 5) is 2.10. The van der Waals surface area contributed by atoms with E-state index in [4.69, 9.17) is 10.8 Å². The topological polar surface area (TPSA) is 28.4 Å². The highest BCUT2D eigenvalue weighted by Crippen LogP contribution is 2.16. The van der Waals surface area contributed by atoms with Crippen LogP contribution in [-0.4, -0.2) is 25.0 Å². The summed E-state index contributed by atoms with van der Waals surface area (Å²) in [5.74, 6) is 5.28. The molecule has 0 unspecified atom stereocenters. The van der Waals surface area contributed by atoms with Crippen LogP contribution in [-0.2, 0) is 13.1 Å². The molecule has 0 atom stereocenters. The molecule has 100 valence electrons. The van der Waals surface area contributed by atoms with Gasteiger partial charge in [-0.3, -0.25) is 4.90 Å². The van der Waals surface area contributed by atoms with Gasteiger partial charge in [-0.1, -0.05) is 19.8 Å². The summed E-state index contributed by atoms with van der Waals surface area (Å²) in [6.07, 6.45) is 5.30. The van der Waals surface area contributed by atoms with Crippen molar-refractivity contribution in [2.24, 2.45) is 5.92 Å². The van der Waals surface area contributed by atoms with E-state index in [9.17, 15) is 0 Å². The maximum Gasteiger partial charge on any atom is 0.118 e. The van der Waals surface area contributed by atoms with E-state index in [0.717, 1.165) is 31.2 Å². The van der Waals surface area contributed by atoms with Crippen molar-refractivity contribution in [1.82, 2.24) is 10.2 Å². The van der Waals surface area contributed by atoms with E-state index in [-0.39, 0.29) is 0 Å². The lowest BCUT2D eigenvalue weighted by molar-refractivity contribution is 0.364. The Kier molecular flexibility index (Phi) is 5.97. The van der Waals surface area contributed by atoms with Crippen molar-refractivity contribution in [2.45, 2.75) is 33.9 Å². The maximum absolute atomic E-state index is 5.73. The molecule has 0 bridgehead atoms. The van der Waals surface area contributed by atoms with Crippen molar-refractivity contribution in [3.8, 4) is 12.3 Å². The summed E-state index contributed by atoms with van der Waals surface area (Å²) in [7, 11) is 2.02. The van der Waals surface area contributed by atoms with Gasteiger partial charge in [0.2, 0.25) is 0 Å². The highest BCUT2D eigenvalue weighted by atomic mass is 16.3. The molecule has 0 fully saturated rings. The van der Waals surface area contributed by atoms with Crippen LogP contribution >= 0.6 is 0 Å². The van der Waals surface area contributed by atoms with Crippen LogP contribution in [0, 0.1) is 25.2 Å². The molecule has 1 heterocycles. The second kappa shape index (κ2) is 7.25. The number of hydrogen-bond donors (Lipinski definition) is 1. The first-order valence-electron chi connectivity index (χ1n) is 6.43. The smallest absolute Gasteiger partial charge is 0.118 e. The Balaban J connectivity index is 2.51. The first-order valence-corrected chi connectivity index (χ1v) is 6.43. The second-order valence-corrected chi connectivity index (χ2v) is 5.20. The van der Waals surface area contributed by atoms with Gasteiger partial charge >= 0.3 is 0 Å². The third kappa shape index (κ3) is 4.95. The number of furan rings is 1. The fourth-order valence-corrected chi connectivity index (χ4v) is 1.82. The largest absolute Gasteiger partial charge is 0.465 e. The summed E-state index contributed by atoms with van der Waals surface area (Å²) < 4.78 is 5.73. The van der Waals surface area contributed by atoms with Gasteiger partial charge in [-0.2, -0.15) is 0 Å². The van der Waals surface area contributed by atoms with Gasteiger partial charge in [-0.15, -0.1) is 6.42 Å². The quantitative estimate of drug-likeness (QED) is 0.751. The summed E-state index contributed by atoms with van der Waals surface area (Å²) in [5, 5.41) is 3.38. The number of terminal acetylenes is 1. The monoisotopic (exact) mass is 248 g/mol. The number of nitrogens with one attached hydrogen (secondary N) is 1. The summed E-state index contributed by atoms with van der Waals surface area (Å²) in [5.41, 5.74) is 1.22. The van der Waals surface area contributed by atoms with Crippen LogP contribution in [0.15, 0.2) is 10.5 Å². The predicted octanol–water partition coefficient (Wildman–Crippen LogP) is 2.40. The minimum atomic E-state index is 0.655. The molecule has 1 rings (SSSR count). The van der Waals surface area contributed by atoms with Gasteiger partial charge in [0, 0.05) is 12.1 Å². The molecule has 0 amide bonds. The Hall–Kier alpha value is -1.24. The van der Waals surface area contributed by atoms with Crippen LogP contribution < -0.4 is 5.32 Å². The molecule has 0 spiro atoms. The lowest BCUT2D eigenvalue weighted by Gasteiger charge is -2.11. The lowest BCUT2D eigenvalue weighted by Crippen LogP contribution is -2.19. The van der Waals surface area contributed by atoms with Gasteiger partial charge in [0.15, 0.2) is 0 Å². The average molecular weight is 248 g/mol. The molecule has 0 radical (unpaired) electrons. The maximum atomic E-state index is 5.73. The van der Waals surface area contributed by atoms with Crippen molar-refractivity contribution in [2.75, 3.05) is 20.1 Å². The molecule has 0 saturated carbocycles. The molecule has 0 aliphatic carbocycles. The Morgan fingerprint density at radius 2 is 2.22 bits per heavy atom. The van der Waals surface area contributed by atoms with E-state index in [0.29, 0.717) is 12.5 Å². The van der Waals surface area contributed by atoms with Crippen LogP contribution in [0.1, 0.15) is 30.9 Å². The fraction of sp³-hybridized carbons (Fsp3) is 0.600. The predicted molar refractivity (Wildman–Crippen MR) is 75.2 cm³/mol. The molecular formula is C15H24N2O. The minimum absolute atomic E-state index is 0.655. The first kappa shape index (κ1) is 14.8. The molecule has 3 heteroatoms. The standard InChI is InChI=1S/C15H24N2O/c1-6-7-17(5)11-14-8-15(18-13(14)4)10-16-9-12(2)3/h1,8,12,16H,7,9-11H2,2-5H3. The highest BCUT2D eigenvalue weighted by Gasteiger charge is 2.09. The van der Waals surface area contributed by atoms with Crippen molar-refractivity contribution >= 4 is 0 Å². The molecule has 1 aromatic rings. The van der Waals surface area contributed by atoms with Gasteiger partial charge < -0.3 is 9.73 Å². The number of rotatable bonds is 7. The summed E-state index contributed by atoms with van der Waals surface area (Å²) >= 11 is 0. The van der Waals surface area contributed by atoms with Gasteiger partial charge in [-0.25, -0.2) is 0 Å². The van der Waals surface area contributed by atoms with E-state index >= 15 is 0 Å². The molecule has 1 N–H and O–H groups in total. The molecular weight excluding hydrogens is 224 g/mol. The van der Waals surface area contributed by atoms with Crippen LogP contribution in [0.25, 0.3) is 0 Å². The Morgan fingerprint density at radius 1 is 1.50 bits per heavy atom. The summed E-state index contributed by atoms with van der Waals surface area (Å²) in [6, 6.07) is 2.12. The van der Waals surface area contributed by atoms with E-state index in [1.807, 2.05) is 14.0 Å². The number of aryl methyl sites for hydroxylation is 1. The molecule has 0 aliphatic heterocycles. The molecule has 18 heavy (non-hydrogen) atoms. The van der Waals surface area contributed by atoms with Crippen LogP contribution in [0.5, 0.6) is 0 Å². The van der Waals surface area contributed by atoms with E-state index in [1.54, 1.807) is 0 Å². The lowest BCUT2D eigenvalue weighted by atomic mass is 10.2. The van der Waals surface area contributed by atoms with E-state index in [1.165, 1.54) is 5.56 Å². The fourth-order valence-electron chi connectivity index (χ4n) is 1.82. The van der Waals surface area contributed by atoms with Gasteiger partial charge in [0.05, 0.1) is 13.1 Å². The van der Waals surface area contributed by atoms with Crippen LogP contribution in [0.3, 0.4) is 0 Å². The van der Waals surface area contributed by atoms with Gasteiger partial charge in [-0.05, 0) is 32.5 Å². The normalized spacial score (nSPS) is 11.2. The second-order valence-electron chi connectivity index (χ2n) is 5.20.